The first-order valence-corrected chi connectivity index (χ1v) is 13.2. The number of halogens is 3. The summed E-state index contributed by atoms with van der Waals surface area (Å²) in [6, 6.07) is 24.0. The van der Waals surface area contributed by atoms with Crippen LogP contribution in [-0.4, -0.2) is 66.5 Å². The predicted molar refractivity (Wildman–Crippen MR) is 148 cm³/mol. The maximum Gasteiger partial charge on any atom is 0.405 e. The first kappa shape index (κ1) is 27.4. The summed E-state index contributed by atoms with van der Waals surface area (Å²) in [7, 11) is 0. The lowest BCUT2D eigenvalue weighted by Gasteiger charge is -2.35. The van der Waals surface area contributed by atoms with Crippen molar-refractivity contribution in [3.05, 3.63) is 84.1 Å². The molecule has 0 saturated carbocycles. The topological polar surface area (TPSA) is 70.6 Å². The van der Waals surface area contributed by atoms with Crippen molar-refractivity contribution in [3.8, 4) is 16.9 Å². The van der Waals surface area contributed by atoms with E-state index in [1.807, 2.05) is 24.4 Å². The molecule has 0 atom stereocenters. The molecule has 0 radical (unpaired) electrons. The standard InChI is InChI=1S/C30H30F3N5O2/c1-2-40-23-7-5-6-21(18-23)25-11-10-22(24-8-3-4-9-26(24)25)19-37-14-16-38(17-15-37)28-13-12-27(35-36-28)29(39)34-20-30(31,32)33/h3-13,18H,2,14-17,19-20H2,1H3,(H,34,39). The monoisotopic (exact) mass is 549 g/mol. The maximum atomic E-state index is 12.3. The van der Waals surface area contributed by atoms with Gasteiger partial charge in [0.25, 0.3) is 5.91 Å². The molecular formula is C30H30F3N5O2. The Hall–Kier alpha value is -4.18. The van der Waals surface area contributed by atoms with Crippen molar-refractivity contribution in [1.82, 2.24) is 20.4 Å². The zero-order valence-electron chi connectivity index (χ0n) is 22.1. The van der Waals surface area contributed by atoms with Crippen LogP contribution in [0, 0.1) is 0 Å². The number of piperazine rings is 1. The van der Waals surface area contributed by atoms with Crippen LogP contribution in [0.2, 0.25) is 0 Å². The molecule has 5 rings (SSSR count). The normalized spacial score (nSPS) is 14.3. The number of rotatable bonds is 8. The van der Waals surface area contributed by atoms with Gasteiger partial charge in [0.15, 0.2) is 11.5 Å². The van der Waals surface area contributed by atoms with E-state index in [4.69, 9.17) is 4.74 Å². The lowest BCUT2D eigenvalue weighted by atomic mass is 9.94. The minimum atomic E-state index is -4.48. The minimum absolute atomic E-state index is 0.147. The molecule has 7 nitrogen and oxygen atoms in total. The van der Waals surface area contributed by atoms with Gasteiger partial charge in [-0.1, -0.05) is 48.5 Å². The van der Waals surface area contributed by atoms with Crippen LogP contribution in [-0.2, 0) is 6.54 Å². The number of nitrogens with one attached hydrogen (secondary N) is 1. The molecule has 3 aromatic carbocycles. The Morgan fingerprint density at radius 2 is 1.70 bits per heavy atom. The number of amides is 1. The fourth-order valence-electron chi connectivity index (χ4n) is 4.93. The summed E-state index contributed by atoms with van der Waals surface area (Å²) < 4.78 is 42.7. The zero-order valence-corrected chi connectivity index (χ0v) is 22.1. The molecule has 0 bridgehead atoms. The largest absolute Gasteiger partial charge is 0.494 e. The van der Waals surface area contributed by atoms with Gasteiger partial charge in [0.2, 0.25) is 0 Å². The zero-order chi connectivity index (χ0) is 28.1. The van der Waals surface area contributed by atoms with Crippen LogP contribution < -0.4 is 15.0 Å². The third-order valence-electron chi connectivity index (χ3n) is 6.89. The van der Waals surface area contributed by atoms with Crippen molar-refractivity contribution in [1.29, 1.82) is 0 Å². The Balaban J connectivity index is 1.23. The summed E-state index contributed by atoms with van der Waals surface area (Å²) in [5, 5.41) is 12.1. The number of benzene rings is 3. The van der Waals surface area contributed by atoms with Gasteiger partial charge >= 0.3 is 6.18 Å². The maximum absolute atomic E-state index is 12.3. The van der Waals surface area contributed by atoms with Crippen LogP contribution in [0.4, 0.5) is 19.0 Å². The first-order valence-electron chi connectivity index (χ1n) is 13.2. The van der Waals surface area contributed by atoms with Gasteiger partial charge < -0.3 is 15.0 Å². The van der Waals surface area contributed by atoms with E-state index in [2.05, 4.69) is 68.5 Å². The lowest BCUT2D eigenvalue weighted by Crippen LogP contribution is -2.46. The van der Waals surface area contributed by atoms with E-state index in [-0.39, 0.29) is 5.69 Å². The smallest absolute Gasteiger partial charge is 0.405 e. The van der Waals surface area contributed by atoms with Crippen molar-refractivity contribution in [3.63, 3.8) is 0 Å². The van der Waals surface area contributed by atoms with Crippen LogP contribution in [0.15, 0.2) is 72.8 Å². The SMILES string of the molecule is CCOc1cccc(-c2ccc(CN3CCN(c4ccc(C(=O)NCC(F)(F)F)nn4)CC3)c3ccccc23)c1. The molecule has 208 valence electrons. The van der Waals surface area contributed by atoms with E-state index >= 15 is 0 Å². The molecule has 1 amide bonds. The highest BCUT2D eigenvalue weighted by Crippen LogP contribution is 2.33. The van der Waals surface area contributed by atoms with Gasteiger partial charge in [-0.3, -0.25) is 9.69 Å². The molecule has 4 aromatic rings. The molecular weight excluding hydrogens is 519 g/mol. The second-order valence-corrected chi connectivity index (χ2v) is 9.62. The minimum Gasteiger partial charge on any atom is -0.494 e. The van der Waals surface area contributed by atoms with E-state index < -0.39 is 18.6 Å². The van der Waals surface area contributed by atoms with Gasteiger partial charge in [-0.2, -0.15) is 13.2 Å². The fourth-order valence-corrected chi connectivity index (χ4v) is 4.93. The molecule has 10 heteroatoms. The number of alkyl halides is 3. The quantitative estimate of drug-likeness (QED) is 0.321. The molecule has 1 fully saturated rings. The number of aromatic nitrogens is 2. The summed E-state index contributed by atoms with van der Waals surface area (Å²) in [5.41, 5.74) is 3.39. The highest BCUT2D eigenvalue weighted by atomic mass is 19.4. The van der Waals surface area contributed by atoms with Crippen LogP contribution in [0.25, 0.3) is 21.9 Å². The Bertz CT molecular complexity index is 1470. The number of anilines is 1. The Kier molecular flexibility index (Phi) is 8.16. The average molecular weight is 550 g/mol. The summed E-state index contributed by atoms with van der Waals surface area (Å²) in [5.74, 6) is 0.549. The molecule has 1 saturated heterocycles. The van der Waals surface area contributed by atoms with E-state index in [0.717, 1.165) is 30.9 Å². The number of nitrogens with zero attached hydrogens (tertiary/aromatic N) is 4. The van der Waals surface area contributed by atoms with Crippen molar-refractivity contribution >= 4 is 22.5 Å². The number of carbonyl (C=O) groups is 1. The molecule has 1 aliphatic heterocycles. The van der Waals surface area contributed by atoms with Crippen LogP contribution in [0.5, 0.6) is 5.75 Å². The Morgan fingerprint density at radius 3 is 2.40 bits per heavy atom. The van der Waals surface area contributed by atoms with Gasteiger partial charge in [-0.25, -0.2) is 0 Å². The number of fused-ring (bicyclic) bond motifs is 1. The van der Waals surface area contributed by atoms with Gasteiger partial charge in [0, 0.05) is 32.7 Å². The first-order chi connectivity index (χ1) is 19.3. The van der Waals surface area contributed by atoms with Gasteiger partial charge in [-0.05, 0) is 58.7 Å². The van der Waals surface area contributed by atoms with E-state index in [1.54, 1.807) is 6.07 Å². The number of hydrogen-bond donors (Lipinski definition) is 1. The molecule has 2 heterocycles. The van der Waals surface area contributed by atoms with Gasteiger partial charge in [0.1, 0.15) is 12.3 Å². The summed E-state index contributed by atoms with van der Waals surface area (Å²) in [4.78, 5) is 16.3. The highest BCUT2D eigenvalue weighted by molar-refractivity contribution is 5.98. The number of hydrogen-bond acceptors (Lipinski definition) is 6. The van der Waals surface area contributed by atoms with E-state index in [1.165, 1.54) is 28.0 Å². The van der Waals surface area contributed by atoms with E-state index in [0.29, 0.717) is 25.5 Å². The predicted octanol–water partition coefficient (Wildman–Crippen LogP) is 5.31. The third-order valence-corrected chi connectivity index (χ3v) is 6.89. The molecule has 1 N–H and O–H groups in total. The van der Waals surface area contributed by atoms with Crippen LogP contribution >= 0.6 is 0 Å². The van der Waals surface area contributed by atoms with Gasteiger partial charge in [-0.15, -0.1) is 10.2 Å². The third kappa shape index (κ3) is 6.51. The Morgan fingerprint density at radius 1 is 0.925 bits per heavy atom. The number of carbonyl (C=O) groups excluding carboxylic acids is 1. The summed E-state index contributed by atoms with van der Waals surface area (Å²) in [6.45, 7) is 5.05. The van der Waals surface area contributed by atoms with Crippen LogP contribution in [0.3, 0.4) is 0 Å². The van der Waals surface area contributed by atoms with E-state index in [9.17, 15) is 18.0 Å². The Labute approximate surface area is 230 Å². The highest BCUT2D eigenvalue weighted by Gasteiger charge is 2.28. The van der Waals surface area contributed by atoms with Crippen LogP contribution in [0.1, 0.15) is 23.0 Å². The lowest BCUT2D eigenvalue weighted by molar-refractivity contribution is -0.123. The molecule has 40 heavy (non-hydrogen) atoms. The van der Waals surface area contributed by atoms with Crippen molar-refractivity contribution in [2.24, 2.45) is 0 Å². The summed E-state index contributed by atoms with van der Waals surface area (Å²) >= 11 is 0. The molecule has 1 aromatic heterocycles. The van der Waals surface area contributed by atoms with Gasteiger partial charge in [0.05, 0.1) is 6.61 Å². The number of ether oxygens (including phenoxy) is 1. The fraction of sp³-hybridized carbons (Fsp3) is 0.300. The van der Waals surface area contributed by atoms with Crippen molar-refractivity contribution in [2.45, 2.75) is 19.6 Å². The molecule has 1 aliphatic rings. The molecule has 0 aliphatic carbocycles. The molecule has 0 unspecified atom stereocenters. The second-order valence-electron chi connectivity index (χ2n) is 9.62. The van der Waals surface area contributed by atoms with Crippen molar-refractivity contribution < 1.29 is 22.7 Å². The van der Waals surface area contributed by atoms with Crippen molar-refractivity contribution in [2.75, 3.05) is 44.2 Å². The average Bonchev–Trinajstić information content (AvgIpc) is 2.96. The molecule has 0 spiro atoms. The second kappa shape index (κ2) is 11.9. The summed E-state index contributed by atoms with van der Waals surface area (Å²) in [6.07, 6.45) is -4.48.